The van der Waals surface area contributed by atoms with Crippen molar-refractivity contribution in [2.24, 2.45) is 0 Å². The Labute approximate surface area is 139 Å². The van der Waals surface area contributed by atoms with E-state index in [2.05, 4.69) is 26.5 Å². The topological polar surface area (TPSA) is 84.8 Å². The Bertz CT molecular complexity index is 680. The number of aromatic amines is 1. The van der Waals surface area contributed by atoms with E-state index < -0.39 is 0 Å². The third kappa shape index (κ3) is 3.97. The fourth-order valence-electron chi connectivity index (χ4n) is 2.92. The molecule has 0 bridgehead atoms. The van der Waals surface area contributed by atoms with Crippen LogP contribution in [0.3, 0.4) is 0 Å². The lowest BCUT2D eigenvalue weighted by Crippen LogP contribution is -2.35. The molecule has 0 saturated carbocycles. The number of hydrogen-bond donors (Lipinski definition) is 2. The minimum atomic E-state index is -0.0269. The van der Waals surface area contributed by atoms with Crippen molar-refractivity contribution in [1.29, 1.82) is 5.26 Å². The summed E-state index contributed by atoms with van der Waals surface area (Å²) in [7, 11) is 0. The second kappa shape index (κ2) is 7.40. The molecule has 0 atom stereocenters. The molecule has 0 aromatic carbocycles. The van der Waals surface area contributed by atoms with E-state index in [0.717, 1.165) is 32.5 Å². The van der Waals surface area contributed by atoms with E-state index in [9.17, 15) is 4.79 Å². The molecule has 6 nitrogen and oxygen atoms in total. The zero-order chi connectivity index (χ0) is 16.1. The number of carbonyl (C=O) groups excluding carboxylic acids is 1. The fourth-order valence-corrected chi connectivity index (χ4v) is 3.67. The van der Waals surface area contributed by atoms with Gasteiger partial charge in [0, 0.05) is 19.2 Å². The minimum absolute atomic E-state index is 0.0269. The first-order valence-electron chi connectivity index (χ1n) is 7.74. The van der Waals surface area contributed by atoms with Crippen LogP contribution in [0.5, 0.6) is 0 Å². The Morgan fingerprint density at radius 2 is 2.35 bits per heavy atom. The van der Waals surface area contributed by atoms with Crippen LogP contribution in [0.2, 0.25) is 0 Å². The van der Waals surface area contributed by atoms with Crippen LogP contribution in [-0.2, 0) is 4.79 Å². The Balaban J connectivity index is 1.41. The van der Waals surface area contributed by atoms with Crippen LogP contribution < -0.4 is 5.32 Å². The standard InChI is InChI=1S/C16H19N5OS/c17-9-13-4-8-23-16(13)20-15(22)3-7-21-5-1-12(2-6-21)14-10-18-19-11-14/h4,8,10-12H,1-3,5-7H2,(H,18,19)(H,20,22). The van der Waals surface area contributed by atoms with Gasteiger partial charge in [0.1, 0.15) is 11.1 Å². The molecule has 1 fully saturated rings. The van der Waals surface area contributed by atoms with Crippen molar-refractivity contribution in [3.05, 3.63) is 35.0 Å². The number of nitrogens with zero attached hydrogens (tertiary/aromatic N) is 3. The van der Waals surface area contributed by atoms with Crippen molar-refractivity contribution in [2.75, 3.05) is 25.0 Å². The molecule has 1 amide bonds. The van der Waals surface area contributed by atoms with Gasteiger partial charge in [-0.15, -0.1) is 11.3 Å². The Kier molecular flexibility index (Phi) is 5.05. The Hall–Kier alpha value is -2.17. The lowest BCUT2D eigenvalue weighted by molar-refractivity contribution is -0.116. The summed E-state index contributed by atoms with van der Waals surface area (Å²) in [6.45, 7) is 2.77. The summed E-state index contributed by atoms with van der Waals surface area (Å²) in [6.07, 6.45) is 6.54. The van der Waals surface area contributed by atoms with Crippen LogP contribution in [0.25, 0.3) is 0 Å². The number of rotatable bonds is 5. The molecule has 7 heteroatoms. The number of carbonyl (C=O) groups is 1. The summed E-state index contributed by atoms with van der Waals surface area (Å²) in [5, 5.41) is 21.1. The van der Waals surface area contributed by atoms with Crippen molar-refractivity contribution in [3.63, 3.8) is 0 Å². The molecule has 1 aliphatic heterocycles. The second-order valence-electron chi connectivity index (χ2n) is 5.72. The molecule has 3 heterocycles. The van der Waals surface area contributed by atoms with Gasteiger partial charge in [0.25, 0.3) is 0 Å². The number of aromatic nitrogens is 2. The SMILES string of the molecule is N#Cc1ccsc1NC(=O)CCN1CCC(c2cn[nH]c2)CC1. The van der Waals surface area contributed by atoms with Crippen molar-refractivity contribution in [2.45, 2.75) is 25.2 Å². The van der Waals surface area contributed by atoms with Gasteiger partial charge in [-0.25, -0.2) is 0 Å². The van der Waals surface area contributed by atoms with Crippen molar-refractivity contribution < 1.29 is 4.79 Å². The summed E-state index contributed by atoms with van der Waals surface area (Å²) in [4.78, 5) is 14.3. The van der Waals surface area contributed by atoms with Gasteiger partial charge in [0.15, 0.2) is 0 Å². The number of piperidine rings is 1. The normalized spacial score (nSPS) is 16.1. The van der Waals surface area contributed by atoms with Gasteiger partial charge in [0.05, 0.1) is 11.8 Å². The summed E-state index contributed by atoms with van der Waals surface area (Å²) in [6, 6.07) is 3.81. The largest absolute Gasteiger partial charge is 0.317 e. The van der Waals surface area contributed by atoms with E-state index in [1.165, 1.54) is 16.9 Å². The summed E-state index contributed by atoms with van der Waals surface area (Å²) in [5.41, 5.74) is 1.81. The highest BCUT2D eigenvalue weighted by molar-refractivity contribution is 7.14. The second-order valence-corrected chi connectivity index (χ2v) is 6.64. The van der Waals surface area contributed by atoms with Crippen molar-refractivity contribution in [3.8, 4) is 6.07 Å². The zero-order valence-electron chi connectivity index (χ0n) is 12.8. The van der Waals surface area contributed by atoms with E-state index in [1.54, 1.807) is 6.07 Å². The fraction of sp³-hybridized carbons (Fsp3) is 0.438. The first-order valence-corrected chi connectivity index (χ1v) is 8.62. The van der Waals surface area contributed by atoms with Crippen LogP contribution in [0, 0.1) is 11.3 Å². The van der Waals surface area contributed by atoms with Gasteiger partial charge in [-0.2, -0.15) is 10.4 Å². The van der Waals surface area contributed by atoms with E-state index in [0.29, 0.717) is 22.9 Å². The van der Waals surface area contributed by atoms with Gasteiger partial charge in [-0.1, -0.05) is 0 Å². The smallest absolute Gasteiger partial charge is 0.226 e. The number of amides is 1. The number of nitrogens with one attached hydrogen (secondary N) is 2. The highest BCUT2D eigenvalue weighted by Crippen LogP contribution is 2.27. The van der Waals surface area contributed by atoms with Crippen LogP contribution in [0.1, 0.15) is 36.3 Å². The number of nitriles is 1. The molecule has 23 heavy (non-hydrogen) atoms. The minimum Gasteiger partial charge on any atom is -0.317 e. The van der Waals surface area contributed by atoms with Gasteiger partial charge in [-0.05, 0) is 48.9 Å². The maximum atomic E-state index is 12.0. The molecule has 2 aromatic heterocycles. The van der Waals surface area contributed by atoms with Crippen LogP contribution in [0.15, 0.2) is 23.8 Å². The lowest BCUT2D eigenvalue weighted by Gasteiger charge is -2.31. The molecule has 3 rings (SSSR count). The maximum absolute atomic E-state index is 12.0. The van der Waals surface area contributed by atoms with E-state index >= 15 is 0 Å². The molecule has 120 valence electrons. The van der Waals surface area contributed by atoms with Crippen molar-refractivity contribution in [1.82, 2.24) is 15.1 Å². The Morgan fingerprint density at radius 3 is 3.04 bits per heavy atom. The zero-order valence-corrected chi connectivity index (χ0v) is 13.6. The number of H-pyrrole nitrogens is 1. The molecule has 0 radical (unpaired) electrons. The average Bonchev–Trinajstić information content (AvgIpc) is 3.25. The van der Waals surface area contributed by atoms with Crippen LogP contribution in [-0.4, -0.2) is 40.6 Å². The maximum Gasteiger partial charge on any atom is 0.226 e. The van der Waals surface area contributed by atoms with Gasteiger partial charge in [0.2, 0.25) is 5.91 Å². The quantitative estimate of drug-likeness (QED) is 0.883. The number of thiophene rings is 1. The first-order chi connectivity index (χ1) is 11.3. The summed E-state index contributed by atoms with van der Waals surface area (Å²) in [5.74, 6) is 0.545. The van der Waals surface area contributed by atoms with E-state index in [1.807, 2.05) is 17.8 Å². The number of anilines is 1. The Morgan fingerprint density at radius 1 is 1.52 bits per heavy atom. The molecule has 1 saturated heterocycles. The monoisotopic (exact) mass is 329 g/mol. The first kappa shape index (κ1) is 15.7. The summed E-state index contributed by atoms with van der Waals surface area (Å²) >= 11 is 1.39. The predicted molar refractivity (Wildman–Crippen MR) is 89.3 cm³/mol. The van der Waals surface area contributed by atoms with E-state index in [-0.39, 0.29) is 5.91 Å². The van der Waals surface area contributed by atoms with Gasteiger partial charge in [-0.3, -0.25) is 9.89 Å². The highest BCUT2D eigenvalue weighted by atomic mass is 32.1. The van der Waals surface area contributed by atoms with E-state index in [4.69, 9.17) is 5.26 Å². The van der Waals surface area contributed by atoms with Crippen molar-refractivity contribution >= 4 is 22.2 Å². The van der Waals surface area contributed by atoms with Gasteiger partial charge >= 0.3 is 0 Å². The molecular formula is C16H19N5OS. The highest BCUT2D eigenvalue weighted by Gasteiger charge is 2.21. The third-order valence-corrected chi connectivity index (χ3v) is 5.10. The molecule has 0 unspecified atom stereocenters. The van der Waals surface area contributed by atoms with Crippen LogP contribution >= 0.6 is 11.3 Å². The number of hydrogen-bond acceptors (Lipinski definition) is 5. The molecule has 1 aliphatic rings. The molecular weight excluding hydrogens is 310 g/mol. The third-order valence-electron chi connectivity index (χ3n) is 4.27. The predicted octanol–water partition coefficient (Wildman–Crippen LogP) is 2.55. The molecule has 2 aromatic rings. The molecule has 2 N–H and O–H groups in total. The molecule has 0 aliphatic carbocycles. The lowest BCUT2D eigenvalue weighted by atomic mass is 9.91. The molecule has 0 spiro atoms. The average molecular weight is 329 g/mol. The summed E-state index contributed by atoms with van der Waals surface area (Å²) < 4.78 is 0. The van der Waals surface area contributed by atoms with Crippen LogP contribution in [0.4, 0.5) is 5.00 Å². The number of likely N-dealkylation sites (tertiary alicyclic amines) is 1. The van der Waals surface area contributed by atoms with Gasteiger partial charge < -0.3 is 10.2 Å².